The Morgan fingerprint density at radius 3 is 2.68 bits per heavy atom. The van der Waals surface area contributed by atoms with Crippen molar-refractivity contribution in [3.8, 4) is 0 Å². The van der Waals surface area contributed by atoms with Gasteiger partial charge in [0, 0.05) is 10.5 Å². The van der Waals surface area contributed by atoms with Crippen molar-refractivity contribution < 1.29 is 18.3 Å². The van der Waals surface area contributed by atoms with Crippen LogP contribution in [0.25, 0.3) is 0 Å². The molecule has 1 N–H and O–H groups in total. The summed E-state index contributed by atoms with van der Waals surface area (Å²) >= 11 is 3.07. The van der Waals surface area contributed by atoms with Gasteiger partial charge in [0.2, 0.25) is 0 Å². The van der Waals surface area contributed by atoms with Gasteiger partial charge < -0.3 is 10.1 Å². The second kappa shape index (κ2) is 7.43. The SMILES string of the molecule is CCCCC(Nc1c(F)cc(F)cc1Br)C(=O)OC. The summed E-state index contributed by atoms with van der Waals surface area (Å²) < 4.78 is 31.6. The first-order chi connectivity index (χ1) is 8.99. The van der Waals surface area contributed by atoms with Crippen LogP contribution in [0.2, 0.25) is 0 Å². The van der Waals surface area contributed by atoms with Gasteiger partial charge in [0.15, 0.2) is 0 Å². The third kappa shape index (κ3) is 4.45. The fraction of sp³-hybridized carbons (Fsp3) is 0.462. The molecule has 0 amide bonds. The normalized spacial score (nSPS) is 12.1. The molecule has 0 aromatic heterocycles. The monoisotopic (exact) mass is 335 g/mol. The molecule has 1 aromatic carbocycles. The Labute approximate surface area is 119 Å². The van der Waals surface area contributed by atoms with E-state index >= 15 is 0 Å². The molecule has 0 fully saturated rings. The second-order valence-corrected chi connectivity index (χ2v) is 4.96. The van der Waals surface area contributed by atoms with Gasteiger partial charge in [-0.2, -0.15) is 0 Å². The van der Waals surface area contributed by atoms with Crippen molar-refractivity contribution in [1.82, 2.24) is 0 Å². The maximum Gasteiger partial charge on any atom is 0.328 e. The minimum absolute atomic E-state index is 0.0629. The lowest BCUT2D eigenvalue weighted by atomic mass is 10.1. The number of hydrogen-bond donors (Lipinski definition) is 1. The summed E-state index contributed by atoms with van der Waals surface area (Å²) in [4.78, 5) is 11.6. The molecular weight excluding hydrogens is 320 g/mol. The molecule has 0 aliphatic rings. The van der Waals surface area contributed by atoms with Crippen LogP contribution < -0.4 is 5.32 Å². The van der Waals surface area contributed by atoms with Gasteiger partial charge in [-0.3, -0.25) is 0 Å². The Hall–Kier alpha value is -1.17. The predicted molar refractivity (Wildman–Crippen MR) is 73.0 cm³/mol. The zero-order chi connectivity index (χ0) is 14.4. The third-order valence-corrected chi connectivity index (χ3v) is 3.28. The Balaban J connectivity index is 2.92. The molecule has 0 saturated carbocycles. The molecule has 0 aliphatic heterocycles. The van der Waals surface area contributed by atoms with E-state index in [1.807, 2.05) is 6.92 Å². The first kappa shape index (κ1) is 15.9. The number of esters is 1. The van der Waals surface area contributed by atoms with E-state index in [0.717, 1.165) is 25.0 Å². The van der Waals surface area contributed by atoms with Crippen molar-refractivity contribution in [1.29, 1.82) is 0 Å². The topological polar surface area (TPSA) is 38.3 Å². The molecule has 1 atom stereocenters. The number of carbonyl (C=O) groups is 1. The summed E-state index contributed by atoms with van der Waals surface area (Å²) in [7, 11) is 1.28. The van der Waals surface area contributed by atoms with Crippen molar-refractivity contribution in [2.24, 2.45) is 0 Å². The molecule has 0 aliphatic carbocycles. The molecule has 1 rings (SSSR count). The lowest BCUT2D eigenvalue weighted by Crippen LogP contribution is -2.31. The van der Waals surface area contributed by atoms with Crippen LogP contribution in [-0.4, -0.2) is 19.1 Å². The average molecular weight is 336 g/mol. The molecular formula is C13H16BrF2NO2. The fourth-order valence-corrected chi connectivity index (χ4v) is 2.18. The highest BCUT2D eigenvalue weighted by atomic mass is 79.9. The number of benzene rings is 1. The number of methoxy groups -OCH3 is 1. The first-order valence-electron chi connectivity index (χ1n) is 5.98. The van der Waals surface area contributed by atoms with E-state index in [9.17, 15) is 13.6 Å². The second-order valence-electron chi connectivity index (χ2n) is 4.11. The molecule has 106 valence electrons. The largest absolute Gasteiger partial charge is 0.467 e. The number of carbonyl (C=O) groups excluding carboxylic acids is 1. The lowest BCUT2D eigenvalue weighted by Gasteiger charge is -2.18. The molecule has 6 heteroatoms. The van der Waals surface area contributed by atoms with Gasteiger partial charge in [-0.15, -0.1) is 0 Å². The minimum Gasteiger partial charge on any atom is -0.467 e. The maximum absolute atomic E-state index is 13.7. The number of anilines is 1. The van der Waals surface area contributed by atoms with E-state index in [-0.39, 0.29) is 10.2 Å². The minimum atomic E-state index is -0.753. The molecule has 0 bridgehead atoms. The highest BCUT2D eigenvalue weighted by Crippen LogP contribution is 2.28. The van der Waals surface area contributed by atoms with Gasteiger partial charge in [-0.05, 0) is 28.4 Å². The zero-order valence-electron chi connectivity index (χ0n) is 10.8. The molecule has 1 unspecified atom stereocenters. The number of unbranched alkanes of at least 4 members (excludes halogenated alkanes) is 1. The van der Waals surface area contributed by atoms with Crippen molar-refractivity contribution in [2.45, 2.75) is 32.2 Å². The van der Waals surface area contributed by atoms with E-state index in [0.29, 0.717) is 6.42 Å². The zero-order valence-corrected chi connectivity index (χ0v) is 12.4. The van der Waals surface area contributed by atoms with Crippen LogP contribution in [0.1, 0.15) is 26.2 Å². The van der Waals surface area contributed by atoms with Gasteiger partial charge >= 0.3 is 5.97 Å². The van der Waals surface area contributed by atoms with E-state index in [2.05, 4.69) is 26.0 Å². The Morgan fingerprint density at radius 1 is 1.47 bits per heavy atom. The molecule has 3 nitrogen and oxygen atoms in total. The highest BCUT2D eigenvalue weighted by Gasteiger charge is 2.21. The van der Waals surface area contributed by atoms with Crippen LogP contribution in [0, 0.1) is 11.6 Å². The maximum atomic E-state index is 13.7. The Morgan fingerprint density at radius 2 is 2.16 bits per heavy atom. The summed E-state index contributed by atoms with van der Waals surface area (Å²) in [6.45, 7) is 1.99. The molecule has 1 aromatic rings. The highest BCUT2D eigenvalue weighted by molar-refractivity contribution is 9.10. The summed E-state index contributed by atoms with van der Waals surface area (Å²) in [5, 5.41) is 2.77. The van der Waals surface area contributed by atoms with Gasteiger partial charge in [0.05, 0.1) is 12.8 Å². The summed E-state index contributed by atoms with van der Waals surface area (Å²) in [6.07, 6.45) is 2.22. The van der Waals surface area contributed by atoms with Crippen LogP contribution >= 0.6 is 15.9 Å². The van der Waals surface area contributed by atoms with Gasteiger partial charge in [0.1, 0.15) is 17.7 Å². The number of nitrogens with one attached hydrogen (secondary N) is 1. The Kier molecular flexibility index (Phi) is 6.21. The molecule has 0 radical (unpaired) electrons. The van der Waals surface area contributed by atoms with Crippen LogP contribution in [0.5, 0.6) is 0 Å². The van der Waals surface area contributed by atoms with Gasteiger partial charge in [0.25, 0.3) is 0 Å². The van der Waals surface area contributed by atoms with E-state index < -0.39 is 23.6 Å². The fourth-order valence-electron chi connectivity index (χ4n) is 1.65. The van der Waals surface area contributed by atoms with Crippen molar-refractivity contribution in [3.05, 3.63) is 28.2 Å². The molecule has 19 heavy (non-hydrogen) atoms. The number of rotatable bonds is 6. The van der Waals surface area contributed by atoms with E-state index in [4.69, 9.17) is 0 Å². The summed E-state index contributed by atoms with van der Waals surface area (Å²) in [5.74, 6) is -1.90. The summed E-state index contributed by atoms with van der Waals surface area (Å²) in [6, 6.07) is 1.25. The van der Waals surface area contributed by atoms with Crippen molar-refractivity contribution >= 4 is 27.6 Å². The quantitative estimate of drug-likeness (QED) is 0.802. The molecule has 0 saturated heterocycles. The molecule has 0 heterocycles. The van der Waals surface area contributed by atoms with Crippen LogP contribution in [0.4, 0.5) is 14.5 Å². The van der Waals surface area contributed by atoms with Crippen LogP contribution in [0.3, 0.4) is 0 Å². The Bertz CT molecular complexity index is 431. The van der Waals surface area contributed by atoms with Gasteiger partial charge in [-0.25, -0.2) is 13.6 Å². The lowest BCUT2D eigenvalue weighted by molar-refractivity contribution is -0.141. The number of halogens is 3. The predicted octanol–water partition coefficient (Wildman–Crippen LogP) is 3.87. The summed E-state index contributed by atoms with van der Waals surface area (Å²) in [5.41, 5.74) is 0.0629. The smallest absolute Gasteiger partial charge is 0.328 e. The third-order valence-electron chi connectivity index (χ3n) is 2.66. The number of ether oxygens (including phenoxy) is 1. The van der Waals surface area contributed by atoms with Crippen molar-refractivity contribution in [3.63, 3.8) is 0 Å². The average Bonchev–Trinajstić information content (AvgIpc) is 2.36. The standard InChI is InChI=1S/C13H16BrF2NO2/c1-3-4-5-11(13(18)19-2)17-12-9(14)6-8(15)7-10(12)16/h6-7,11,17H,3-5H2,1-2H3. The molecule has 0 spiro atoms. The van der Waals surface area contributed by atoms with Gasteiger partial charge in [-0.1, -0.05) is 19.8 Å². The van der Waals surface area contributed by atoms with Crippen molar-refractivity contribution in [2.75, 3.05) is 12.4 Å². The van der Waals surface area contributed by atoms with E-state index in [1.165, 1.54) is 7.11 Å². The van der Waals surface area contributed by atoms with Crippen LogP contribution in [-0.2, 0) is 9.53 Å². The number of hydrogen-bond acceptors (Lipinski definition) is 3. The van der Waals surface area contributed by atoms with Crippen LogP contribution in [0.15, 0.2) is 16.6 Å². The first-order valence-corrected chi connectivity index (χ1v) is 6.77. The van der Waals surface area contributed by atoms with E-state index in [1.54, 1.807) is 0 Å².